The normalized spacial score (nSPS) is 14.2. The van der Waals surface area contributed by atoms with E-state index in [0.717, 1.165) is 75.2 Å². The van der Waals surface area contributed by atoms with E-state index < -0.39 is 0 Å². The van der Waals surface area contributed by atoms with Crippen LogP contribution in [0, 0.1) is 0 Å². The van der Waals surface area contributed by atoms with Gasteiger partial charge in [-0.2, -0.15) is 0 Å². The molecule has 0 aromatic heterocycles. The van der Waals surface area contributed by atoms with Crippen molar-refractivity contribution < 1.29 is 14.3 Å². The summed E-state index contributed by atoms with van der Waals surface area (Å²) in [5, 5.41) is 3.49. The van der Waals surface area contributed by atoms with Crippen LogP contribution in [0.25, 0.3) is 0 Å². The van der Waals surface area contributed by atoms with E-state index in [4.69, 9.17) is 4.74 Å². The maximum absolute atomic E-state index is 12.7. The topological polar surface area (TPSA) is 58.6 Å². The molecule has 1 N–H and O–H groups in total. The van der Waals surface area contributed by atoms with Gasteiger partial charge in [0.15, 0.2) is 5.78 Å². The zero-order valence-corrected chi connectivity index (χ0v) is 19.6. The van der Waals surface area contributed by atoms with E-state index >= 15 is 0 Å². The average molecular weight is 457 g/mol. The first-order chi connectivity index (χ1) is 15.2. The number of carbonyl (C=O) groups excluding carboxylic acids is 2. The Kier molecular flexibility index (Phi) is 8.71. The number of Topliss-reactive ketones (excluding diaryl/α,β-unsaturated/α-hetero) is 1. The molecule has 2 aliphatic rings. The minimum absolute atomic E-state index is 0. The van der Waals surface area contributed by atoms with Gasteiger partial charge in [-0.25, -0.2) is 0 Å². The van der Waals surface area contributed by atoms with Gasteiger partial charge in [0, 0.05) is 24.9 Å². The summed E-state index contributed by atoms with van der Waals surface area (Å²) in [5.41, 5.74) is 5.59. The number of nitrogens with one attached hydrogen (secondary N) is 1. The van der Waals surface area contributed by atoms with E-state index in [1.165, 1.54) is 16.7 Å². The number of hydrogen-bond acceptors (Lipinski definition) is 4. The predicted octanol–water partition coefficient (Wildman–Crippen LogP) is 4.53. The van der Waals surface area contributed by atoms with Crippen molar-refractivity contribution >= 4 is 29.8 Å². The minimum atomic E-state index is 0. The number of nitrogens with zero attached hydrogens (tertiary/aromatic N) is 1. The maximum Gasteiger partial charge on any atom is 0.227 e. The predicted molar refractivity (Wildman–Crippen MR) is 130 cm³/mol. The number of carbonyl (C=O) groups is 2. The fraction of sp³-hybridized carbons (Fsp3) is 0.462. The minimum Gasteiger partial charge on any atom is -0.497 e. The summed E-state index contributed by atoms with van der Waals surface area (Å²) >= 11 is 0. The quantitative estimate of drug-likeness (QED) is 0.398. The highest BCUT2D eigenvalue weighted by Crippen LogP contribution is 2.37. The van der Waals surface area contributed by atoms with E-state index in [2.05, 4.69) is 17.4 Å². The van der Waals surface area contributed by atoms with Crippen molar-refractivity contribution in [1.82, 2.24) is 5.32 Å². The largest absolute Gasteiger partial charge is 0.497 e. The lowest BCUT2D eigenvalue weighted by Crippen LogP contribution is -2.32. The molecule has 6 heteroatoms. The van der Waals surface area contributed by atoms with Crippen LogP contribution in [0.4, 0.5) is 5.69 Å². The third-order valence-corrected chi connectivity index (χ3v) is 6.38. The van der Waals surface area contributed by atoms with Crippen LogP contribution in [0.3, 0.4) is 0 Å². The molecular formula is C26H33ClN2O3. The second-order valence-electron chi connectivity index (χ2n) is 8.52. The highest BCUT2D eigenvalue weighted by atomic mass is 35.5. The molecule has 32 heavy (non-hydrogen) atoms. The van der Waals surface area contributed by atoms with Crippen LogP contribution in [0.5, 0.6) is 5.75 Å². The van der Waals surface area contributed by atoms with Gasteiger partial charge in [-0.15, -0.1) is 12.4 Å². The van der Waals surface area contributed by atoms with E-state index in [9.17, 15) is 9.59 Å². The fourth-order valence-corrected chi connectivity index (χ4v) is 4.63. The van der Waals surface area contributed by atoms with Crippen LogP contribution in [-0.4, -0.2) is 38.4 Å². The van der Waals surface area contributed by atoms with Gasteiger partial charge in [0.1, 0.15) is 5.75 Å². The van der Waals surface area contributed by atoms with Crippen LogP contribution < -0.4 is 15.0 Å². The molecule has 5 nitrogen and oxygen atoms in total. The Bertz CT molecular complexity index is 943. The molecule has 2 aliphatic heterocycles. The third kappa shape index (κ3) is 5.70. The number of benzene rings is 2. The van der Waals surface area contributed by atoms with E-state index in [1.54, 1.807) is 7.11 Å². The third-order valence-electron chi connectivity index (χ3n) is 6.38. The molecule has 2 heterocycles. The van der Waals surface area contributed by atoms with Gasteiger partial charge in [0.2, 0.25) is 5.91 Å². The van der Waals surface area contributed by atoms with Crippen molar-refractivity contribution in [2.45, 2.75) is 51.4 Å². The molecule has 0 saturated carbocycles. The molecule has 1 amide bonds. The van der Waals surface area contributed by atoms with Crippen LogP contribution in [0.1, 0.15) is 59.2 Å². The second kappa shape index (κ2) is 11.5. The van der Waals surface area contributed by atoms with Gasteiger partial charge in [0.25, 0.3) is 0 Å². The molecule has 0 spiro atoms. The van der Waals surface area contributed by atoms with Crippen LogP contribution in [0.15, 0.2) is 36.4 Å². The Balaban J connectivity index is 0.00000289. The molecule has 2 aromatic rings. The summed E-state index contributed by atoms with van der Waals surface area (Å²) in [6.07, 6.45) is 6.88. The highest BCUT2D eigenvalue weighted by molar-refractivity contribution is 6.02. The lowest BCUT2D eigenvalue weighted by molar-refractivity contribution is -0.118. The number of halogens is 1. The van der Waals surface area contributed by atoms with Crippen LogP contribution in [-0.2, 0) is 24.1 Å². The Labute approximate surface area is 196 Å². The second-order valence-corrected chi connectivity index (χ2v) is 8.52. The molecule has 0 aliphatic carbocycles. The van der Waals surface area contributed by atoms with Crippen LogP contribution >= 0.6 is 12.4 Å². The molecule has 0 radical (unpaired) electrons. The van der Waals surface area contributed by atoms with Crippen molar-refractivity contribution in [3.63, 3.8) is 0 Å². The lowest BCUT2D eigenvalue weighted by atomic mass is 9.94. The van der Waals surface area contributed by atoms with E-state index in [-0.39, 0.29) is 24.1 Å². The van der Waals surface area contributed by atoms with Crippen molar-refractivity contribution in [2.75, 3.05) is 31.6 Å². The van der Waals surface area contributed by atoms with Gasteiger partial charge in [0.05, 0.1) is 12.8 Å². The highest BCUT2D eigenvalue weighted by Gasteiger charge is 2.31. The smallest absolute Gasteiger partial charge is 0.227 e. The summed E-state index contributed by atoms with van der Waals surface area (Å²) in [4.78, 5) is 26.7. The number of ether oxygens (including phenoxy) is 1. The number of hydrogen-bond donors (Lipinski definition) is 1. The molecule has 0 bridgehead atoms. The Morgan fingerprint density at radius 1 is 1.00 bits per heavy atom. The number of rotatable bonds is 11. The van der Waals surface area contributed by atoms with Gasteiger partial charge >= 0.3 is 0 Å². The SMILES string of the molecule is COc1ccc(CCNCCCCCC(=O)c2cc3c4c(c2)CCN4C(=O)CC3)cc1.Cl. The molecule has 0 atom stereocenters. The zero-order valence-electron chi connectivity index (χ0n) is 18.8. The Morgan fingerprint density at radius 2 is 1.75 bits per heavy atom. The number of aryl methyl sites for hydroxylation is 1. The first kappa shape index (κ1) is 24.3. The Morgan fingerprint density at radius 3 is 2.50 bits per heavy atom. The number of amides is 1. The summed E-state index contributed by atoms with van der Waals surface area (Å²) < 4.78 is 5.18. The molecule has 4 rings (SSSR count). The monoisotopic (exact) mass is 456 g/mol. The summed E-state index contributed by atoms with van der Waals surface area (Å²) in [7, 11) is 1.68. The number of ketones is 1. The summed E-state index contributed by atoms with van der Waals surface area (Å²) in [6.45, 7) is 2.71. The molecular weight excluding hydrogens is 424 g/mol. The molecule has 0 unspecified atom stereocenters. The number of methoxy groups -OCH3 is 1. The Hall–Kier alpha value is -2.37. The summed E-state index contributed by atoms with van der Waals surface area (Å²) in [6, 6.07) is 12.3. The van der Waals surface area contributed by atoms with E-state index in [0.29, 0.717) is 12.8 Å². The van der Waals surface area contributed by atoms with Gasteiger partial charge in [-0.1, -0.05) is 18.6 Å². The first-order valence-electron chi connectivity index (χ1n) is 11.5. The van der Waals surface area contributed by atoms with Crippen molar-refractivity contribution in [3.8, 4) is 5.75 Å². The van der Waals surface area contributed by atoms with Gasteiger partial charge in [-0.3, -0.25) is 9.59 Å². The van der Waals surface area contributed by atoms with Crippen molar-refractivity contribution in [1.29, 1.82) is 0 Å². The molecule has 172 valence electrons. The molecule has 0 fully saturated rings. The van der Waals surface area contributed by atoms with E-state index in [1.807, 2.05) is 29.2 Å². The number of anilines is 1. The average Bonchev–Trinajstić information content (AvgIpc) is 3.23. The van der Waals surface area contributed by atoms with Crippen LogP contribution in [0.2, 0.25) is 0 Å². The first-order valence-corrected chi connectivity index (χ1v) is 11.5. The van der Waals surface area contributed by atoms with Crippen molar-refractivity contribution in [3.05, 3.63) is 58.7 Å². The zero-order chi connectivity index (χ0) is 21.6. The molecule has 0 saturated heterocycles. The summed E-state index contributed by atoms with van der Waals surface area (Å²) in [5.74, 6) is 1.35. The molecule has 2 aromatic carbocycles. The maximum atomic E-state index is 12.7. The van der Waals surface area contributed by atoms with Gasteiger partial charge < -0.3 is 15.0 Å². The fourth-order valence-electron chi connectivity index (χ4n) is 4.63. The van der Waals surface area contributed by atoms with Crippen molar-refractivity contribution in [2.24, 2.45) is 0 Å². The standard InChI is InChI=1S/C26H32N2O3.ClH/c1-31-23-9-6-19(7-10-23)12-15-27-14-4-2-3-5-24(29)22-17-20-8-11-25(30)28-16-13-21(18-22)26(20)28;/h6-7,9-10,17-18,27H,2-5,8,11-16H2,1H3;1H. The van der Waals surface area contributed by atoms with Gasteiger partial charge in [-0.05, 0) is 86.1 Å². The number of unbranched alkanes of at least 4 members (excludes halogenated alkanes) is 2. The lowest BCUT2D eigenvalue weighted by Gasteiger charge is -2.25.